The predicted molar refractivity (Wildman–Crippen MR) is 125 cm³/mol. The molecule has 2 aliphatic heterocycles. The molecular weight excluding hydrogens is 452 g/mol. The molecule has 13 nitrogen and oxygen atoms in total. The Hall–Kier alpha value is -3.79. The largest absolute Gasteiger partial charge is 0.343 e. The number of nitrogens with one attached hydrogen (secondary N) is 3. The van der Waals surface area contributed by atoms with Crippen molar-refractivity contribution in [2.45, 2.75) is 52.1 Å². The summed E-state index contributed by atoms with van der Waals surface area (Å²) in [5, 5.41) is 20.8. The first-order valence-electron chi connectivity index (χ1n) is 11.5. The Kier molecular flexibility index (Phi) is 6.33. The topological polar surface area (TPSA) is 161 Å². The molecule has 0 saturated carbocycles. The van der Waals surface area contributed by atoms with E-state index in [0.29, 0.717) is 38.1 Å². The van der Waals surface area contributed by atoms with Gasteiger partial charge in [-0.1, -0.05) is 20.8 Å². The van der Waals surface area contributed by atoms with Gasteiger partial charge in [-0.3, -0.25) is 29.7 Å². The number of piperidine rings is 1. The zero-order chi connectivity index (χ0) is 25.4. The number of hydrogen-bond acceptors (Lipinski definition) is 9. The van der Waals surface area contributed by atoms with Crippen LogP contribution in [0.3, 0.4) is 0 Å². The van der Waals surface area contributed by atoms with E-state index < -0.39 is 11.6 Å². The Bertz CT molecular complexity index is 1190. The lowest BCUT2D eigenvalue weighted by Gasteiger charge is -2.44. The van der Waals surface area contributed by atoms with Crippen molar-refractivity contribution in [2.75, 3.05) is 31.2 Å². The molecule has 4 rings (SSSR count). The molecule has 0 radical (unpaired) electrons. The minimum atomic E-state index is -0.921. The molecule has 0 aromatic carbocycles. The van der Waals surface area contributed by atoms with Gasteiger partial charge in [-0.15, -0.1) is 0 Å². The van der Waals surface area contributed by atoms with Gasteiger partial charge < -0.3 is 10.6 Å². The number of fused-ring (bicyclic) bond motifs is 1. The summed E-state index contributed by atoms with van der Waals surface area (Å²) in [6, 6.07) is 3.06. The summed E-state index contributed by atoms with van der Waals surface area (Å²) < 4.78 is 1.48. The zero-order valence-corrected chi connectivity index (χ0v) is 20.3. The highest BCUT2D eigenvalue weighted by molar-refractivity contribution is 5.99. The second kappa shape index (κ2) is 9.10. The maximum Gasteiger partial charge on any atom is 0.252 e. The maximum absolute atomic E-state index is 13.1. The first-order valence-corrected chi connectivity index (χ1v) is 11.5. The summed E-state index contributed by atoms with van der Waals surface area (Å²) in [4.78, 5) is 48.1. The van der Waals surface area contributed by atoms with Gasteiger partial charge in [-0.25, -0.2) is 0 Å². The Morgan fingerprint density at radius 3 is 2.69 bits per heavy atom. The van der Waals surface area contributed by atoms with E-state index in [1.54, 1.807) is 24.2 Å². The molecular formula is C22H30N10O3. The van der Waals surface area contributed by atoms with Crippen LogP contribution in [0.15, 0.2) is 12.3 Å². The zero-order valence-electron chi connectivity index (χ0n) is 20.3. The number of amides is 3. The third kappa shape index (κ3) is 5.17. The van der Waals surface area contributed by atoms with Crippen molar-refractivity contribution in [1.82, 2.24) is 40.5 Å². The fourth-order valence-electron chi connectivity index (χ4n) is 4.31. The van der Waals surface area contributed by atoms with Crippen molar-refractivity contribution in [2.24, 2.45) is 5.41 Å². The number of anilines is 1. The van der Waals surface area contributed by atoms with Gasteiger partial charge in [0.2, 0.25) is 23.6 Å². The molecule has 13 heteroatoms. The lowest BCUT2D eigenvalue weighted by Crippen LogP contribution is -2.71. The summed E-state index contributed by atoms with van der Waals surface area (Å²) >= 11 is 0. The van der Waals surface area contributed by atoms with Crippen LogP contribution >= 0.6 is 0 Å². The van der Waals surface area contributed by atoms with Crippen LogP contribution in [0.25, 0.3) is 5.65 Å². The third-order valence-corrected chi connectivity index (χ3v) is 6.09. The molecule has 2 aromatic heterocycles. The fraction of sp³-hybridized carbons (Fsp3) is 0.591. The number of likely N-dealkylation sites (tertiary alicyclic amines) is 1. The van der Waals surface area contributed by atoms with Crippen molar-refractivity contribution in [3.05, 3.63) is 18.1 Å². The van der Waals surface area contributed by atoms with Gasteiger partial charge in [0, 0.05) is 25.7 Å². The highest BCUT2D eigenvalue weighted by Gasteiger charge is 2.47. The van der Waals surface area contributed by atoms with Gasteiger partial charge in [-0.2, -0.15) is 24.8 Å². The number of nitrogens with zero attached hydrogens (tertiary/aromatic N) is 7. The number of carbonyl (C=O) groups is 3. The Morgan fingerprint density at radius 1 is 1.31 bits per heavy atom. The third-order valence-electron chi connectivity index (χ3n) is 6.09. The van der Waals surface area contributed by atoms with E-state index in [9.17, 15) is 19.6 Å². The lowest BCUT2D eigenvalue weighted by molar-refractivity contribution is -0.143. The average Bonchev–Trinajstić information content (AvgIpc) is 3.26. The molecule has 186 valence electrons. The van der Waals surface area contributed by atoms with E-state index in [-0.39, 0.29) is 41.5 Å². The predicted octanol–water partition coefficient (Wildman–Crippen LogP) is -0.651. The Balaban J connectivity index is 1.46. The standard InChI is InChI=1S/C22H30N10O3/c1-14-18(34)28-22(19(35)25-14)6-9-30(10-7-22)12-17(33)29-31(13-21(2,3)4)20-27-15(11-23)26-16-5-8-24-32(16)20/h5,8,14H,6-7,9-10,12-13H2,1-4H3,(H,25,35)(H,28,34)(H,29,33). The van der Waals surface area contributed by atoms with Gasteiger partial charge in [0.1, 0.15) is 17.6 Å². The smallest absolute Gasteiger partial charge is 0.252 e. The minimum absolute atomic E-state index is 0.0235. The van der Waals surface area contributed by atoms with Crippen LogP contribution in [0.4, 0.5) is 5.95 Å². The molecule has 2 fully saturated rings. The number of rotatable bonds is 5. The van der Waals surface area contributed by atoms with E-state index in [1.807, 2.05) is 31.7 Å². The molecule has 0 bridgehead atoms. The molecule has 1 spiro atoms. The van der Waals surface area contributed by atoms with Crippen molar-refractivity contribution in [1.29, 1.82) is 5.26 Å². The van der Waals surface area contributed by atoms with Gasteiger partial charge in [0.05, 0.1) is 12.7 Å². The highest BCUT2D eigenvalue weighted by Crippen LogP contribution is 2.25. The number of hydrogen-bond donors (Lipinski definition) is 3. The van der Waals surface area contributed by atoms with E-state index >= 15 is 0 Å². The molecule has 1 unspecified atom stereocenters. The van der Waals surface area contributed by atoms with Gasteiger partial charge >= 0.3 is 0 Å². The van der Waals surface area contributed by atoms with Crippen LogP contribution in [0.1, 0.15) is 46.4 Å². The molecule has 3 amide bonds. The monoisotopic (exact) mass is 482 g/mol. The second-order valence-electron chi connectivity index (χ2n) is 10.3. The van der Waals surface area contributed by atoms with Gasteiger partial charge in [0.15, 0.2) is 5.65 Å². The fourth-order valence-corrected chi connectivity index (χ4v) is 4.31. The molecule has 1 atom stereocenters. The van der Waals surface area contributed by atoms with Crippen LogP contribution in [-0.2, 0) is 14.4 Å². The molecule has 3 N–H and O–H groups in total. The maximum atomic E-state index is 13.1. The van der Waals surface area contributed by atoms with Crippen molar-refractivity contribution in [3.8, 4) is 6.07 Å². The van der Waals surface area contributed by atoms with Crippen LogP contribution in [0.2, 0.25) is 0 Å². The molecule has 2 aliphatic rings. The molecule has 2 aromatic rings. The van der Waals surface area contributed by atoms with Crippen molar-refractivity contribution >= 4 is 29.3 Å². The first-order chi connectivity index (χ1) is 16.5. The minimum Gasteiger partial charge on any atom is -0.343 e. The summed E-state index contributed by atoms with van der Waals surface area (Å²) in [5.41, 5.74) is 2.22. The molecule has 4 heterocycles. The Morgan fingerprint density at radius 2 is 2.03 bits per heavy atom. The number of piperazine rings is 1. The molecule has 35 heavy (non-hydrogen) atoms. The van der Waals surface area contributed by atoms with E-state index in [1.165, 1.54) is 4.52 Å². The van der Waals surface area contributed by atoms with Crippen molar-refractivity contribution < 1.29 is 14.4 Å². The number of hydrazine groups is 1. The van der Waals surface area contributed by atoms with Gasteiger partial charge in [-0.05, 0) is 25.2 Å². The molecule has 0 aliphatic carbocycles. The number of nitriles is 1. The van der Waals surface area contributed by atoms with Crippen LogP contribution in [0, 0.1) is 16.7 Å². The van der Waals surface area contributed by atoms with Gasteiger partial charge in [0.25, 0.3) is 5.91 Å². The second-order valence-corrected chi connectivity index (χ2v) is 10.3. The molecule has 2 saturated heterocycles. The van der Waals surface area contributed by atoms with Crippen LogP contribution in [0.5, 0.6) is 0 Å². The quantitative estimate of drug-likeness (QED) is 0.470. The summed E-state index contributed by atoms with van der Waals surface area (Å²) in [5.74, 6) is -0.378. The lowest BCUT2D eigenvalue weighted by atomic mass is 9.84. The van der Waals surface area contributed by atoms with Crippen LogP contribution < -0.4 is 21.1 Å². The number of aromatic nitrogens is 4. The van der Waals surface area contributed by atoms with E-state index in [2.05, 4.69) is 31.1 Å². The SMILES string of the molecule is CC1NC(=O)C2(CCN(CC(=O)NN(CC(C)(C)C)c3nc(C#N)nc4ccnn34)CC2)NC1=O. The highest BCUT2D eigenvalue weighted by atomic mass is 16.2. The number of carbonyl (C=O) groups excluding carboxylic acids is 3. The summed E-state index contributed by atoms with van der Waals surface area (Å²) in [6.07, 6.45) is 2.39. The van der Waals surface area contributed by atoms with Crippen molar-refractivity contribution in [3.63, 3.8) is 0 Å². The average molecular weight is 483 g/mol. The summed E-state index contributed by atoms with van der Waals surface area (Å²) in [7, 11) is 0. The first kappa shape index (κ1) is 24.3. The van der Waals surface area contributed by atoms with E-state index in [4.69, 9.17) is 0 Å². The Labute approximate surface area is 202 Å². The summed E-state index contributed by atoms with van der Waals surface area (Å²) in [6.45, 7) is 9.17. The normalized spacial score (nSPS) is 20.3. The van der Waals surface area contributed by atoms with E-state index in [0.717, 1.165) is 0 Å². The van der Waals surface area contributed by atoms with Crippen LogP contribution in [-0.4, -0.2) is 80.0 Å².